The summed E-state index contributed by atoms with van der Waals surface area (Å²) in [4.78, 5) is 7.86. The fraction of sp³-hybridized carbons (Fsp3) is 0.688. The fourth-order valence-corrected chi connectivity index (χ4v) is 3.91. The summed E-state index contributed by atoms with van der Waals surface area (Å²) in [7, 11) is 0. The summed E-state index contributed by atoms with van der Waals surface area (Å²) >= 11 is 0. The molecule has 172 valence electrons. The number of fused-ring (bicyclic) bond motifs is 1. The lowest BCUT2D eigenvalue weighted by atomic mass is 9.89. The van der Waals surface area contributed by atoms with Crippen molar-refractivity contribution >= 4 is 11.2 Å². The van der Waals surface area contributed by atoms with E-state index in [4.69, 9.17) is 14.9 Å². The van der Waals surface area contributed by atoms with Crippen LogP contribution in [0.15, 0.2) is 12.7 Å². The first-order valence-corrected chi connectivity index (χ1v) is 9.35. The fourth-order valence-electron chi connectivity index (χ4n) is 3.91. The van der Waals surface area contributed by atoms with Crippen molar-refractivity contribution in [1.82, 2.24) is 19.3 Å². The van der Waals surface area contributed by atoms with Crippen LogP contribution in [0.4, 0.5) is 0 Å². The van der Waals surface area contributed by atoms with Gasteiger partial charge in [-0.3, -0.25) is 9.98 Å². The molecule has 0 aromatic carbocycles. The molecule has 2 aliphatic rings. The molecule has 1 unspecified atom stereocenters. The molecule has 0 saturated carbocycles. The van der Waals surface area contributed by atoms with Gasteiger partial charge in [-0.05, 0) is 0 Å². The van der Waals surface area contributed by atoms with Gasteiger partial charge in [0.15, 0.2) is 22.9 Å². The standard InChI is InChI=1S/C16H23N5O10/c17-14-5-15(19-3-21(14)29)20(2-18-5)16-10(27)9(26)13(31-16)11(28)12-8(25)7(24)6(23)4(1-22)30-12/h2-4,6-13,16-17,22-29H,1H2/t4-,6-,7+,8-,9+,10-,11?,12+,13+,16-/m1/s1. The Labute approximate surface area is 173 Å². The third-order valence-corrected chi connectivity index (χ3v) is 5.66. The van der Waals surface area contributed by atoms with Gasteiger partial charge in [0.05, 0.1) is 12.9 Å². The second-order valence-corrected chi connectivity index (χ2v) is 7.52. The molecule has 10 atom stereocenters. The monoisotopic (exact) mass is 445 g/mol. The summed E-state index contributed by atoms with van der Waals surface area (Å²) in [6, 6.07) is 0. The minimum atomic E-state index is -1.78. The Balaban J connectivity index is 1.60. The van der Waals surface area contributed by atoms with Crippen molar-refractivity contribution < 1.29 is 50.4 Å². The number of aliphatic hydroxyl groups excluding tert-OH is 7. The zero-order valence-electron chi connectivity index (χ0n) is 15.8. The first kappa shape index (κ1) is 22.0. The van der Waals surface area contributed by atoms with E-state index in [2.05, 4.69) is 9.97 Å². The lowest BCUT2D eigenvalue weighted by Crippen LogP contribution is -2.63. The van der Waals surface area contributed by atoms with Crippen LogP contribution < -0.4 is 5.49 Å². The molecular weight excluding hydrogens is 422 g/mol. The predicted octanol–water partition coefficient (Wildman–Crippen LogP) is -5.23. The van der Waals surface area contributed by atoms with Gasteiger partial charge in [0.2, 0.25) is 0 Å². The van der Waals surface area contributed by atoms with E-state index in [1.165, 1.54) is 10.9 Å². The average molecular weight is 445 g/mol. The van der Waals surface area contributed by atoms with Crippen LogP contribution in [0, 0.1) is 5.41 Å². The van der Waals surface area contributed by atoms with Crippen LogP contribution in [0.5, 0.6) is 0 Å². The normalized spacial score (nSPS) is 39.8. The van der Waals surface area contributed by atoms with E-state index < -0.39 is 67.8 Å². The molecule has 15 nitrogen and oxygen atoms in total. The van der Waals surface area contributed by atoms with Gasteiger partial charge >= 0.3 is 0 Å². The summed E-state index contributed by atoms with van der Waals surface area (Å²) in [5, 5.41) is 88.3. The van der Waals surface area contributed by atoms with Crippen molar-refractivity contribution in [3.05, 3.63) is 18.1 Å². The average Bonchev–Trinajstić information content (AvgIpc) is 3.30. The molecule has 0 radical (unpaired) electrons. The van der Waals surface area contributed by atoms with Crippen LogP contribution in [-0.4, -0.2) is 122 Å². The van der Waals surface area contributed by atoms with Gasteiger partial charge in [0.1, 0.15) is 61.3 Å². The maximum absolute atomic E-state index is 10.7. The molecule has 0 amide bonds. The van der Waals surface area contributed by atoms with Gasteiger partial charge in [-0.2, -0.15) is 4.73 Å². The lowest BCUT2D eigenvalue weighted by Gasteiger charge is -2.43. The molecule has 31 heavy (non-hydrogen) atoms. The molecule has 2 aromatic heterocycles. The molecular formula is C16H23N5O10. The zero-order valence-corrected chi connectivity index (χ0v) is 15.8. The Hall–Kier alpha value is -2.21. The Bertz CT molecular complexity index is 997. The van der Waals surface area contributed by atoms with E-state index in [1.807, 2.05) is 0 Å². The quantitative estimate of drug-likeness (QED) is 0.201. The zero-order chi connectivity index (χ0) is 22.6. The van der Waals surface area contributed by atoms with E-state index in [1.54, 1.807) is 0 Å². The van der Waals surface area contributed by atoms with Crippen molar-refractivity contribution in [1.29, 1.82) is 5.41 Å². The predicted molar refractivity (Wildman–Crippen MR) is 94.3 cm³/mol. The third-order valence-electron chi connectivity index (χ3n) is 5.66. The number of nitrogens with one attached hydrogen (secondary N) is 1. The lowest BCUT2D eigenvalue weighted by molar-refractivity contribution is -0.262. The Morgan fingerprint density at radius 1 is 0.935 bits per heavy atom. The summed E-state index contributed by atoms with van der Waals surface area (Å²) in [6.45, 7) is -0.708. The van der Waals surface area contributed by atoms with Crippen LogP contribution in [0.25, 0.3) is 11.2 Å². The molecule has 2 fully saturated rings. The van der Waals surface area contributed by atoms with E-state index >= 15 is 0 Å². The highest BCUT2D eigenvalue weighted by molar-refractivity contribution is 5.68. The summed E-state index contributed by atoms with van der Waals surface area (Å²) < 4.78 is 12.5. The van der Waals surface area contributed by atoms with Crippen molar-refractivity contribution in [2.45, 2.75) is 61.2 Å². The summed E-state index contributed by atoms with van der Waals surface area (Å²) in [6.07, 6.45) is -13.8. The van der Waals surface area contributed by atoms with Crippen LogP contribution in [-0.2, 0) is 9.47 Å². The molecule has 9 N–H and O–H groups in total. The number of nitrogens with zero attached hydrogens (tertiary/aromatic N) is 4. The number of aliphatic hydroxyl groups is 7. The highest BCUT2D eigenvalue weighted by Gasteiger charge is 2.54. The van der Waals surface area contributed by atoms with E-state index in [-0.39, 0.29) is 16.7 Å². The first-order valence-electron chi connectivity index (χ1n) is 9.35. The number of hydrogen-bond donors (Lipinski definition) is 9. The van der Waals surface area contributed by atoms with Crippen LogP contribution in [0.3, 0.4) is 0 Å². The SMILES string of the molecule is N=c1c2ncn([C@@H]3O[C@H](C(O)[C@H]4O[C@H](CO)[C@@H](O)[C@H](O)[C@H]4O)[C@@H](O)[C@H]3O)c2ncn1O. The van der Waals surface area contributed by atoms with Crippen LogP contribution in [0.1, 0.15) is 6.23 Å². The van der Waals surface area contributed by atoms with E-state index in [0.29, 0.717) is 4.73 Å². The van der Waals surface area contributed by atoms with E-state index in [0.717, 1.165) is 6.33 Å². The number of imidazole rings is 1. The van der Waals surface area contributed by atoms with Crippen LogP contribution >= 0.6 is 0 Å². The molecule has 2 aliphatic heterocycles. The number of hydrogen-bond acceptors (Lipinski definition) is 13. The largest absolute Gasteiger partial charge is 0.425 e. The topological polar surface area (TPSA) is 240 Å². The summed E-state index contributed by atoms with van der Waals surface area (Å²) in [5.41, 5.74) is -0.350. The minimum absolute atomic E-state index is 0.0202. The second kappa shape index (κ2) is 8.05. The Morgan fingerprint density at radius 3 is 2.26 bits per heavy atom. The van der Waals surface area contributed by atoms with E-state index in [9.17, 15) is 41.0 Å². The van der Waals surface area contributed by atoms with Gasteiger partial charge in [-0.15, -0.1) is 0 Å². The summed E-state index contributed by atoms with van der Waals surface area (Å²) in [5.74, 6) is 0. The van der Waals surface area contributed by atoms with Crippen molar-refractivity contribution in [2.75, 3.05) is 6.61 Å². The molecule has 4 heterocycles. The molecule has 2 saturated heterocycles. The van der Waals surface area contributed by atoms with Crippen molar-refractivity contribution in [2.24, 2.45) is 0 Å². The number of ether oxygens (including phenoxy) is 2. The van der Waals surface area contributed by atoms with Gasteiger partial charge in [-0.25, -0.2) is 9.97 Å². The number of aromatic nitrogens is 4. The smallest absolute Gasteiger partial charge is 0.192 e. The third kappa shape index (κ3) is 3.39. The molecule has 0 aliphatic carbocycles. The highest BCUT2D eigenvalue weighted by atomic mass is 16.6. The van der Waals surface area contributed by atoms with Crippen molar-refractivity contribution in [3.63, 3.8) is 0 Å². The highest BCUT2D eigenvalue weighted by Crippen LogP contribution is 2.35. The first-order chi connectivity index (χ1) is 14.7. The molecule has 4 rings (SSSR count). The second-order valence-electron chi connectivity index (χ2n) is 7.52. The molecule has 2 aromatic rings. The van der Waals surface area contributed by atoms with Gasteiger partial charge in [0, 0.05) is 0 Å². The van der Waals surface area contributed by atoms with Gasteiger partial charge in [-0.1, -0.05) is 0 Å². The Morgan fingerprint density at radius 2 is 1.58 bits per heavy atom. The Kier molecular flexibility index (Phi) is 5.71. The number of rotatable bonds is 4. The minimum Gasteiger partial charge on any atom is -0.425 e. The van der Waals surface area contributed by atoms with Crippen molar-refractivity contribution in [3.8, 4) is 0 Å². The maximum Gasteiger partial charge on any atom is 0.192 e. The molecule has 0 bridgehead atoms. The van der Waals surface area contributed by atoms with Gasteiger partial charge in [0.25, 0.3) is 0 Å². The van der Waals surface area contributed by atoms with Crippen LogP contribution in [0.2, 0.25) is 0 Å². The molecule has 15 heteroatoms. The molecule has 0 spiro atoms. The van der Waals surface area contributed by atoms with Gasteiger partial charge < -0.3 is 50.4 Å². The maximum atomic E-state index is 10.7.